The largest absolute Gasteiger partial charge is 0.480 e. The highest BCUT2D eigenvalue weighted by Gasteiger charge is 2.26. The third-order valence-corrected chi connectivity index (χ3v) is 3.41. The van der Waals surface area contributed by atoms with Gasteiger partial charge in [0.05, 0.1) is 12.5 Å². The summed E-state index contributed by atoms with van der Waals surface area (Å²) in [6, 6.07) is 10.1. The van der Waals surface area contributed by atoms with Gasteiger partial charge >= 0.3 is 0 Å². The Labute approximate surface area is 110 Å². The van der Waals surface area contributed by atoms with Gasteiger partial charge in [-0.15, -0.1) is 0 Å². The van der Waals surface area contributed by atoms with Gasteiger partial charge in [-0.2, -0.15) is 8.80 Å². The van der Waals surface area contributed by atoms with Crippen LogP contribution in [0, 0.1) is 5.92 Å². The average Bonchev–Trinajstić information content (AvgIpc) is 2.35. The number of nitrogens with zero attached hydrogens (tertiary/aromatic N) is 2. The van der Waals surface area contributed by atoms with E-state index in [0.717, 1.165) is 18.6 Å². The summed E-state index contributed by atoms with van der Waals surface area (Å²) in [6.07, 6.45) is 0.766. The molecule has 1 aromatic carbocycles. The number of hydrogen-bond acceptors (Lipinski definition) is 4. The molecule has 1 heterocycles. The number of ether oxygens (including phenoxy) is 1. The Balaban J connectivity index is 2.13. The van der Waals surface area contributed by atoms with Crippen LogP contribution in [0.4, 0.5) is 0 Å². The van der Waals surface area contributed by atoms with Crippen LogP contribution >= 0.6 is 23.7 Å². The van der Waals surface area contributed by atoms with Gasteiger partial charge in [0.1, 0.15) is 17.3 Å². The monoisotopic (exact) mass is 268 g/mol. The second-order valence-corrected chi connectivity index (χ2v) is 4.52. The predicted molar refractivity (Wildman–Crippen MR) is 73.6 cm³/mol. The van der Waals surface area contributed by atoms with Gasteiger partial charge < -0.3 is 4.74 Å². The minimum Gasteiger partial charge on any atom is -0.480 e. The standard InChI is InChI=1S/C12H13ClN2OS/c1-2-16-12-10(11(13)14-17-15-12)8-9-6-4-3-5-7-9/h3-7,10H,2,8H2,1H3. The highest BCUT2D eigenvalue weighted by atomic mass is 35.5. The molecular weight excluding hydrogens is 256 g/mol. The summed E-state index contributed by atoms with van der Waals surface area (Å²) < 4.78 is 13.8. The predicted octanol–water partition coefficient (Wildman–Crippen LogP) is 3.49. The fraction of sp³-hybridized carbons (Fsp3) is 0.333. The van der Waals surface area contributed by atoms with Gasteiger partial charge in [0.15, 0.2) is 0 Å². The Hall–Kier alpha value is -1.00. The molecule has 0 aromatic heterocycles. The Bertz CT molecular complexity index is 433. The summed E-state index contributed by atoms with van der Waals surface area (Å²) in [5.41, 5.74) is 1.20. The smallest absolute Gasteiger partial charge is 0.207 e. The van der Waals surface area contributed by atoms with Gasteiger partial charge in [-0.05, 0) is 18.9 Å². The van der Waals surface area contributed by atoms with Crippen LogP contribution in [-0.2, 0) is 11.2 Å². The summed E-state index contributed by atoms with van der Waals surface area (Å²) in [4.78, 5) is 0. The first-order valence-corrected chi connectivity index (χ1v) is 6.56. The van der Waals surface area contributed by atoms with E-state index in [4.69, 9.17) is 16.3 Å². The van der Waals surface area contributed by atoms with Crippen LogP contribution in [0.15, 0.2) is 39.1 Å². The molecule has 90 valence electrons. The molecule has 0 saturated heterocycles. The van der Waals surface area contributed by atoms with Crippen molar-refractivity contribution in [1.29, 1.82) is 0 Å². The van der Waals surface area contributed by atoms with Crippen molar-refractivity contribution in [3.63, 3.8) is 0 Å². The minimum atomic E-state index is -0.0553. The van der Waals surface area contributed by atoms with Crippen LogP contribution in [0.5, 0.6) is 0 Å². The summed E-state index contributed by atoms with van der Waals surface area (Å²) in [7, 11) is 0. The first kappa shape index (κ1) is 12.5. The molecule has 1 atom stereocenters. The molecule has 5 heteroatoms. The second kappa shape index (κ2) is 6.07. The molecule has 1 aliphatic rings. The third kappa shape index (κ3) is 3.23. The highest BCUT2D eigenvalue weighted by Crippen LogP contribution is 2.24. The van der Waals surface area contributed by atoms with Gasteiger partial charge in [0.25, 0.3) is 0 Å². The number of benzene rings is 1. The SMILES string of the molecule is CCOC1=NSN=C(Cl)C1Cc1ccccc1. The number of halogens is 1. The van der Waals surface area contributed by atoms with E-state index in [0.29, 0.717) is 17.7 Å². The van der Waals surface area contributed by atoms with Crippen LogP contribution < -0.4 is 0 Å². The zero-order valence-corrected chi connectivity index (χ0v) is 11.0. The Morgan fingerprint density at radius 2 is 2.06 bits per heavy atom. The topological polar surface area (TPSA) is 34.0 Å². The van der Waals surface area contributed by atoms with Crippen LogP contribution in [0.25, 0.3) is 0 Å². The third-order valence-electron chi connectivity index (χ3n) is 2.42. The first-order chi connectivity index (χ1) is 8.31. The molecule has 0 bridgehead atoms. The molecule has 1 aliphatic heterocycles. The van der Waals surface area contributed by atoms with Crippen molar-refractivity contribution in [2.45, 2.75) is 13.3 Å². The van der Waals surface area contributed by atoms with E-state index in [1.807, 2.05) is 25.1 Å². The molecule has 17 heavy (non-hydrogen) atoms. The summed E-state index contributed by atoms with van der Waals surface area (Å²) in [6.45, 7) is 2.53. The van der Waals surface area contributed by atoms with Crippen LogP contribution in [0.1, 0.15) is 12.5 Å². The number of hydrogen-bond donors (Lipinski definition) is 0. The summed E-state index contributed by atoms with van der Waals surface area (Å²) in [5, 5.41) is 0.553. The van der Waals surface area contributed by atoms with Crippen molar-refractivity contribution < 1.29 is 4.74 Å². The highest BCUT2D eigenvalue weighted by molar-refractivity contribution is 7.97. The Kier molecular flexibility index (Phi) is 4.45. The first-order valence-electron chi connectivity index (χ1n) is 5.45. The van der Waals surface area contributed by atoms with Crippen LogP contribution in [0.2, 0.25) is 0 Å². The van der Waals surface area contributed by atoms with Gasteiger partial charge in [-0.1, -0.05) is 41.9 Å². The Morgan fingerprint density at radius 1 is 1.29 bits per heavy atom. The van der Waals surface area contributed by atoms with Crippen molar-refractivity contribution in [2.75, 3.05) is 6.61 Å². The summed E-state index contributed by atoms with van der Waals surface area (Å²) in [5.74, 6) is 0.613. The maximum absolute atomic E-state index is 6.13. The molecule has 0 amide bonds. The van der Waals surface area contributed by atoms with E-state index >= 15 is 0 Å². The molecule has 0 saturated carbocycles. The van der Waals surface area contributed by atoms with E-state index in [9.17, 15) is 0 Å². The lowest BCUT2D eigenvalue weighted by molar-refractivity contribution is 0.311. The van der Waals surface area contributed by atoms with E-state index in [1.54, 1.807) is 0 Å². The van der Waals surface area contributed by atoms with Crippen molar-refractivity contribution in [3.05, 3.63) is 35.9 Å². The maximum atomic E-state index is 6.13. The van der Waals surface area contributed by atoms with E-state index in [-0.39, 0.29) is 5.92 Å². The fourth-order valence-electron chi connectivity index (χ4n) is 1.62. The molecule has 0 spiro atoms. The zero-order chi connectivity index (χ0) is 12.1. The maximum Gasteiger partial charge on any atom is 0.207 e. The van der Waals surface area contributed by atoms with E-state index in [2.05, 4.69) is 20.9 Å². The van der Waals surface area contributed by atoms with Gasteiger partial charge in [0, 0.05) is 0 Å². The Morgan fingerprint density at radius 3 is 2.76 bits per heavy atom. The van der Waals surface area contributed by atoms with Crippen LogP contribution in [0.3, 0.4) is 0 Å². The van der Waals surface area contributed by atoms with Crippen molar-refractivity contribution >= 4 is 34.8 Å². The van der Waals surface area contributed by atoms with Crippen molar-refractivity contribution in [3.8, 4) is 0 Å². The molecule has 1 aromatic rings. The average molecular weight is 269 g/mol. The molecule has 1 unspecified atom stereocenters. The minimum absolute atomic E-state index is 0.0553. The molecule has 0 aliphatic carbocycles. The van der Waals surface area contributed by atoms with Gasteiger partial charge in [0.2, 0.25) is 5.90 Å². The molecule has 0 radical (unpaired) electrons. The molecule has 2 rings (SSSR count). The zero-order valence-electron chi connectivity index (χ0n) is 9.47. The molecule has 3 nitrogen and oxygen atoms in total. The lowest BCUT2D eigenvalue weighted by Crippen LogP contribution is -2.27. The molecular formula is C12H13ClN2OS. The quantitative estimate of drug-likeness (QED) is 0.787. The van der Waals surface area contributed by atoms with Crippen LogP contribution in [-0.4, -0.2) is 17.7 Å². The lowest BCUT2D eigenvalue weighted by atomic mass is 10.00. The number of rotatable bonds is 3. The van der Waals surface area contributed by atoms with Crippen molar-refractivity contribution in [2.24, 2.45) is 14.7 Å². The molecule has 0 N–H and O–H groups in total. The lowest BCUT2D eigenvalue weighted by Gasteiger charge is -2.19. The van der Waals surface area contributed by atoms with Gasteiger partial charge in [-0.3, -0.25) is 0 Å². The fourth-order valence-corrected chi connectivity index (χ4v) is 2.39. The van der Waals surface area contributed by atoms with Crippen molar-refractivity contribution in [1.82, 2.24) is 0 Å². The molecule has 0 fully saturated rings. The van der Waals surface area contributed by atoms with E-state index in [1.165, 1.54) is 5.56 Å². The van der Waals surface area contributed by atoms with E-state index < -0.39 is 0 Å². The normalized spacial score (nSPS) is 19.5. The van der Waals surface area contributed by atoms with Gasteiger partial charge in [-0.25, -0.2) is 0 Å². The second-order valence-electron chi connectivity index (χ2n) is 3.60. The summed E-state index contributed by atoms with van der Waals surface area (Å²) >= 11 is 7.22.